The van der Waals surface area contributed by atoms with Crippen molar-refractivity contribution in [1.29, 1.82) is 0 Å². The van der Waals surface area contributed by atoms with Gasteiger partial charge >= 0.3 is 0 Å². The molecule has 0 amide bonds. The maximum atomic E-state index is 10.3. The number of nitrogens with one attached hydrogen (secondary N) is 2. The Labute approximate surface area is 399 Å². The van der Waals surface area contributed by atoms with Crippen LogP contribution in [0.15, 0.2) is 60.9 Å². The van der Waals surface area contributed by atoms with Gasteiger partial charge in [0.25, 0.3) is 0 Å². The minimum Gasteiger partial charge on any atom is -0.394 e. The smallest absolute Gasteiger partial charge is 0.226 e. The van der Waals surface area contributed by atoms with Gasteiger partial charge in [-0.1, -0.05) is 59.6 Å². The van der Waals surface area contributed by atoms with E-state index in [4.69, 9.17) is 74.8 Å². The number of nitrogens with zero attached hydrogens (tertiary/aromatic N) is 8. The molecule has 6 aromatic rings. The van der Waals surface area contributed by atoms with Gasteiger partial charge < -0.3 is 59.5 Å². The van der Waals surface area contributed by atoms with Crippen LogP contribution in [-0.4, -0.2) is 136 Å². The van der Waals surface area contributed by atoms with Crippen LogP contribution in [0.5, 0.6) is 0 Å². The first-order chi connectivity index (χ1) is 31.5. The molecule has 66 heavy (non-hydrogen) atoms. The summed E-state index contributed by atoms with van der Waals surface area (Å²) in [6.45, 7) is 7.59. The Morgan fingerprint density at radius 3 is 1.56 bits per heavy atom. The third kappa shape index (κ3) is 10.9. The maximum Gasteiger partial charge on any atom is 0.226 e. The SMILES string of the molecule is CC1(C)O[C@@H]2[C@H](O1)[C@@H](CO)O[C@H]2n1ncc2c(NCc3ccccc3Cl)nc(Cl)nc21.COC(C)(C)OC.OC[C@H]1O[C@@H](n2ncc3c(NCc4ccccc4Cl)nc(Cl)nc32)[C@H](O)[C@@H]1O. The number of methoxy groups -OCH3 is 2. The van der Waals surface area contributed by atoms with Gasteiger partial charge in [-0.05, 0) is 74.2 Å². The summed E-state index contributed by atoms with van der Waals surface area (Å²) in [5.74, 6) is -0.242. The van der Waals surface area contributed by atoms with Crippen molar-refractivity contribution in [2.45, 2.75) is 101 Å². The topological polar surface area (TPSA) is 248 Å². The molecule has 0 radical (unpaired) electrons. The van der Waals surface area contributed by atoms with E-state index in [2.05, 4.69) is 40.8 Å². The van der Waals surface area contributed by atoms with E-state index in [0.29, 0.717) is 56.8 Å². The summed E-state index contributed by atoms with van der Waals surface area (Å²) in [6.07, 6.45) is -3.36. The molecule has 6 N–H and O–H groups in total. The van der Waals surface area contributed by atoms with Crippen molar-refractivity contribution in [3.05, 3.63) is 92.7 Å². The van der Waals surface area contributed by atoms with E-state index in [1.807, 2.05) is 70.2 Å². The summed E-state index contributed by atoms with van der Waals surface area (Å²) >= 11 is 24.7. The molecule has 3 saturated heterocycles. The first-order valence-corrected chi connectivity index (χ1v) is 22.1. The minimum atomic E-state index is -1.28. The standard InChI is InChI=1S/C20H21Cl2N5O4.C17H17Cl2N5O4.C5H12O2/c1-20(2)30-14-13(9-28)29-18(15(14)31-20)27-17-11(8-24-27)16(25-19(22)26-17)23-7-10-5-3-4-6-12(10)21;18-10-4-2-1-3-8(10)5-20-14-9-6-21-24(15(9)23-17(19)22-14)16-13(27)12(26)11(7-25)28-16;1-5(2,6-3)7-4/h3-6,8,13-15,18,28H,7,9H2,1-2H3,(H,23,25,26);1-4,6,11-13,16,25-27H,5,7H2,(H,20,22,23);1-4H3/t13-,14-,15-,18-;11-,12-,13-,16-;/m11./s1. The van der Waals surface area contributed by atoms with E-state index in [-0.39, 0.29) is 17.2 Å². The molecule has 0 bridgehead atoms. The average molecular weight is 997 g/mol. The molecule has 20 nitrogen and oxygen atoms in total. The van der Waals surface area contributed by atoms with Crippen LogP contribution in [0, 0.1) is 0 Å². The summed E-state index contributed by atoms with van der Waals surface area (Å²) in [6, 6.07) is 15.0. The fraction of sp³-hybridized carbons (Fsp3) is 0.476. The number of aliphatic hydroxyl groups excluding tert-OH is 4. The van der Waals surface area contributed by atoms with E-state index < -0.39 is 67.3 Å². The maximum absolute atomic E-state index is 10.3. The van der Waals surface area contributed by atoms with E-state index in [1.54, 1.807) is 31.2 Å². The molecule has 0 spiro atoms. The highest BCUT2D eigenvalue weighted by Gasteiger charge is 2.56. The van der Waals surface area contributed by atoms with Gasteiger partial charge in [-0.2, -0.15) is 30.1 Å². The average Bonchev–Trinajstić information content (AvgIpc) is 4.11. The molecular formula is C42H50Cl4N10O10. The lowest BCUT2D eigenvalue weighted by atomic mass is 10.1. The highest BCUT2D eigenvalue weighted by molar-refractivity contribution is 6.31. The van der Waals surface area contributed by atoms with Crippen molar-refractivity contribution in [1.82, 2.24) is 39.5 Å². The van der Waals surface area contributed by atoms with E-state index in [0.717, 1.165) is 11.1 Å². The van der Waals surface area contributed by atoms with Crippen molar-refractivity contribution in [2.75, 3.05) is 38.1 Å². The Balaban J connectivity index is 0.000000173. The molecule has 3 fully saturated rings. The number of anilines is 2. The third-order valence-electron chi connectivity index (χ3n) is 10.9. The number of halogens is 4. The lowest BCUT2D eigenvalue weighted by Crippen LogP contribution is -2.33. The molecule has 7 heterocycles. The predicted octanol–water partition coefficient (Wildman–Crippen LogP) is 5.53. The molecule has 2 aromatic carbocycles. The van der Waals surface area contributed by atoms with Gasteiger partial charge in [0.1, 0.15) is 48.3 Å². The van der Waals surface area contributed by atoms with Crippen LogP contribution >= 0.6 is 46.4 Å². The highest BCUT2D eigenvalue weighted by Crippen LogP contribution is 2.44. The molecular weight excluding hydrogens is 946 g/mol. The largest absolute Gasteiger partial charge is 0.394 e. The Kier molecular flexibility index (Phi) is 15.9. The van der Waals surface area contributed by atoms with Crippen molar-refractivity contribution in [3.8, 4) is 0 Å². The van der Waals surface area contributed by atoms with Crippen LogP contribution in [-0.2, 0) is 41.5 Å². The second-order valence-electron chi connectivity index (χ2n) is 16.1. The molecule has 356 valence electrons. The van der Waals surface area contributed by atoms with Crippen molar-refractivity contribution in [2.24, 2.45) is 0 Å². The zero-order valence-corrected chi connectivity index (χ0v) is 39.6. The molecule has 3 aliphatic heterocycles. The monoisotopic (exact) mass is 994 g/mol. The number of benzene rings is 2. The quantitative estimate of drug-likeness (QED) is 0.0652. The van der Waals surface area contributed by atoms with Gasteiger partial charge in [-0.3, -0.25) is 0 Å². The molecule has 0 aliphatic carbocycles. The van der Waals surface area contributed by atoms with Crippen molar-refractivity contribution >= 4 is 80.1 Å². The minimum absolute atomic E-state index is 0.0253. The molecule has 24 heteroatoms. The highest BCUT2D eigenvalue weighted by atomic mass is 35.5. The number of aliphatic hydroxyl groups is 4. The van der Waals surface area contributed by atoms with Crippen LogP contribution in [0.2, 0.25) is 20.6 Å². The zero-order valence-electron chi connectivity index (χ0n) is 36.5. The number of hydrogen-bond acceptors (Lipinski definition) is 18. The molecule has 0 unspecified atom stereocenters. The number of aromatic nitrogens is 8. The second kappa shape index (κ2) is 21.0. The van der Waals surface area contributed by atoms with Gasteiger partial charge in [0.15, 0.2) is 35.3 Å². The van der Waals surface area contributed by atoms with Gasteiger partial charge in [0.2, 0.25) is 10.6 Å². The van der Waals surface area contributed by atoms with Crippen LogP contribution in [0.3, 0.4) is 0 Å². The van der Waals surface area contributed by atoms with Gasteiger partial charge in [-0.15, -0.1) is 0 Å². The van der Waals surface area contributed by atoms with Crippen LogP contribution in [0.1, 0.15) is 51.3 Å². The van der Waals surface area contributed by atoms with E-state index in [1.165, 1.54) is 10.9 Å². The van der Waals surface area contributed by atoms with Gasteiger partial charge in [-0.25, -0.2) is 9.36 Å². The summed E-state index contributed by atoms with van der Waals surface area (Å²) < 4.78 is 36.1. The van der Waals surface area contributed by atoms with Crippen molar-refractivity contribution < 1.29 is 48.8 Å². The van der Waals surface area contributed by atoms with Crippen molar-refractivity contribution in [3.63, 3.8) is 0 Å². The Morgan fingerprint density at radius 1 is 0.667 bits per heavy atom. The van der Waals surface area contributed by atoms with Crippen LogP contribution in [0.25, 0.3) is 22.1 Å². The number of fused-ring (bicyclic) bond motifs is 3. The third-order valence-corrected chi connectivity index (χ3v) is 12.0. The van der Waals surface area contributed by atoms with Gasteiger partial charge in [0, 0.05) is 37.4 Å². The predicted molar refractivity (Wildman–Crippen MR) is 244 cm³/mol. The zero-order chi connectivity index (χ0) is 47.5. The second-order valence-corrected chi connectivity index (χ2v) is 17.6. The first kappa shape index (κ1) is 49.8. The fourth-order valence-corrected chi connectivity index (χ4v) is 7.98. The lowest BCUT2D eigenvalue weighted by Gasteiger charge is -2.23. The molecule has 0 saturated carbocycles. The van der Waals surface area contributed by atoms with E-state index >= 15 is 0 Å². The number of ether oxygens (including phenoxy) is 6. The first-order valence-electron chi connectivity index (χ1n) is 20.6. The molecule has 3 aliphatic rings. The van der Waals surface area contributed by atoms with Crippen LogP contribution < -0.4 is 10.6 Å². The van der Waals surface area contributed by atoms with Crippen LogP contribution in [0.4, 0.5) is 11.6 Å². The Bertz CT molecular complexity index is 2600. The normalized spacial score (nSPS) is 24.5. The summed E-state index contributed by atoms with van der Waals surface area (Å²) in [4.78, 5) is 17.1. The summed E-state index contributed by atoms with van der Waals surface area (Å²) in [5.41, 5.74) is 2.60. The number of rotatable bonds is 12. The number of hydrogen-bond donors (Lipinski definition) is 6. The lowest BCUT2D eigenvalue weighted by molar-refractivity contribution is -0.201. The summed E-state index contributed by atoms with van der Waals surface area (Å²) in [7, 11) is 3.23. The molecule has 8 atom stereocenters. The molecule has 9 rings (SSSR count). The van der Waals surface area contributed by atoms with E-state index in [9.17, 15) is 20.4 Å². The van der Waals surface area contributed by atoms with Gasteiger partial charge in [0.05, 0.1) is 36.4 Å². The fourth-order valence-electron chi connectivity index (χ4n) is 7.25. The summed E-state index contributed by atoms with van der Waals surface area (Å²) in [5, 5.41) is 56.9. The molecule has 4 aromatic heterocycles. The Hall–Kier alpha value is -4.10. The Morgan fingerprint density at radius 2 is 1.12 bits per heavy atom.